The van der Waals surface area contributed by atoms with E-state index >= 15 is 0 Å². The normalized spacial score (nSPS) is 10.0. The average molecular weight is 355 g/mol. The summed E-state index contributed by atoms with van der Waals surface area (Å²) in [5.74, 6) is -0.896. The monoisotopic (exact) mass is 354 g/mol. The highest BCUT2D eigenvalue weighted by Crippen LogP contribution is 2.27. The molecular weight excluding hydrogens is 343 g/mol. The van der Waals surface area contributed by atoms with Gasteiger partial charge in [0.25, 0.3) is 0 Å². The molecule has 0 aliphatic carbocycles. The van der Waals surface area contributed by atoms with Gasteiger partial charge in [-0.15, -0.1) is 0 Å². The van der Waals surface area contributed by atoms with Crippen LogP contribution in [0.25, 0.3) is 0 Å². The summed E-state index contributed by atoms with van der Waals surface area (Å²) >= 11 is 11.7. The lowest BCUT2D eigenvalue weighted by Gasteiger charge is -2.10. The highest BCUT2D eigenvalue weighted by molar-refractivity contribution is 6.35. The van der Waals surface area contributed by atoms with Crippen LogP contribution < -0.4 is 9.47 Å². The van der Waals surface area contributed by atoms with Crippen molar-refractivity contribution in [2.45, 2.75) is 0 Å². The fourth-order valence-electron chi connectivity index (χ4n) is 1.72. The second-order valence-corrected chi connectivity index (χ2v) is 5.17. The minimum Gasteiger partial charge on any atom is -0.480 e. The summed E-state index contributed by atoms with van der Waals surface area (Å²) in [4.78, 5) is 23.5. The van der Waals surface area contributed by atoms with Gasteiger partial charge in [0.05, 0.1) is 12.1 Å². The van der Waals surface area contributed by atoms with Crippen molar-refractivity contribution >= 4 is 35.1 Å². The first kappa shape index (κ1) is 17.1. The van der Waals surface area contributed by atoms with Crippen LogP contribution in [0.15, 0.2) is 42.5 Å². The number of hydrogen-bond donors (Lipinski definition) is 0. The summed E-state index contributed by atoms with van der Waals surface area (Å²) in [6.07, 6.45) is 0. The van der Waals surface area contributed by atoms with Crippen molar-refractivity contribution in [3.05, 3.63) is 58.1 Å². The summed E-state index contributed by atoms with van der Waals surface area (Å²) in [6.45, 7) is -0.378. The largest absolute Gasteiger partial charge is 0.480 e. The molecule has 23 heavy (non-hydrogen) atoms. The van der Waals surface area contributed by atoms with E-state index in [0.29, 0.717) is 10.8 Å². The molecule has 0 N–H and O–H groups in total. The second kappa shape index (κ2) is 7.85. The van der Waals surface area contributed by atoms with E-state index in [1.54, 1.807) is 24.3 Å². The molecule has 0 amide bonds. The second-order valence-electron chi connectivity index (χ2n) is 4.33. The Morgan fingerprint density at radius 2 is 1.78 bits per heavy atom. The van der Waals surface area contributed by atoms with Crippen LogP contribution in [0.4, 0.5) is 0 Å². The van der Waals surface area contributed by atoms with Crippen molar-refractivity contribution in [1.29, 1.82) is 0 Å². The maximum atomic E-state index is 11.9. The number of halogens is 2. The predicted molar refractivity (Wildman–Crippen MR) is 85.4 cm³/mol. The first-order valence-electron chi connectivity index (χ1n) is 6.47. The molecule has 5 nitrogen and oxygen atoms in total. The molecule has 0 fully saturated rings. The van der Waals surface area contributed by atoms with Crippen LogP contribution in [0.5, 0.6) is 11.5 Å². The number of para-hydroxylation sites is 1. The summed E-state index contributed by atoms with van der Waals surface area (Å²) in [6, 6.07) is 10.9. The Kier molecular flexibility index (Phi) is 5.84. The van der Waals surface area contributed by atoms with E-state index in [0.717, 1.165) is 0 Å². The number of methoxy groups -OCH3 is 1. The Hall–Kier alpha value is -2.24. The Labute approximate surface area is 142 Å². The van der Waals surface area contributed by atoms with Gasteiger partial charge in [-0.05, 0) is 30.3 Å². The molecule has 0 saturated carbocycles. The van der Waals surface area contributed by atoms with E-state index in [-0.39, 0.29) is 22.9 Å². The van der Waals surface area contributed by atoms with E-state index < -0.39 is 11.9 Å². The van der Waals surface area contributed by atoms with Crippen molar-refractivity contribution in [2.75, 3.05) is 13.7 Å². The zero-order chi connectivity index (χ0) is 16.8. The van der Waals surface area contributed by atoms with Crippen LogP contribution >= 0.6 is 23.2 Å². The van der Waals surface area contributed by atoms with E-state index in [4.69, 9.17) is 32.7 Å². The van der Waals surface area contributed by atoms with E-state index in [1.807, 2.05) is 0 Å². The Morgan fingerprint density at radius 1 is 1.04 bits per heavy atom. The van der Waals surface area contributed by atoms with Gasteiger partial charge in [0.15, 0.2) is 6.61 Å². The predicted octanol–water partition coefficient (Wildman–Crippen LogP) is 3.76. The van der Waals surface area contributed by atoms with Gasteiger partial charge < -0.3 is 14.2 Å². The molecular formula is C16H12Cl2O5. The van der Waals surface area contributed by atoms with E-state index in [9.17, 15) is 9.59 Å². The number of rotatable bonds is 5. The summed E-state index contributed by atoms with van der Waals surface area (Å²) < 4.78 is 15.0. The van der Waals surface area contributed by atoms with Crippen molar-refractivity contribution in [3.8, 4) is 11.5 Å². The standard InChI is InChI=1S/C16H12Cl2O5/c1-21-16(20)11-4-2-3-5-13(11)23-15(19)9-22-14-7-6-10(17)8-12(14)18/h2-8H,9H2,1H3. The number of carbonyl (C=O) groups excluding carboxylic acids is 2. The number of ether oxygens (including phenoxy) is 3. The number of hydrogen-bond acceptors (Lipinski definition) is 5. The van der Waals surface area contributed by atoms with Crippen LogP contribution in [-0.2, 0) is 9.53 Å². The molecule has 2 aromatic rings. The lowest BCUT2D eigenvalue weighted by molar-refractivity contribution is -0.136. The number of benzene rings is 2. The topological polar surface area (TPSA) is 61.8 Å². The number of carbonyl (C=O) groups is 2. The summed E-state index contributed by atoms with van der Waals surface area (Å²) in [5, 5.41) is 0.734. The van der Waals surface area contributed by atoms with Crippen LogP contribution in [0.2, 0.25) is 10.0 Å². The van der Waals surface area contributed by atoms with Gasteiger partial charge in [-0.1, -0.05) is 35.3 Å². The van der Waals surface area contributed by atoms with E-state index in [1.165, 1.54) is 25.3 Å². The zero-order valence-corrected chi connectivity index (χ0v) is 13.6. The molecule has 0 spiro atoms. The molecule has 0 atom stereocenters. The Bertz CT molecular complexity index is 730. The fraction of sp³-hybridized carbons (Fsp3) is 0.125. The molecule has 0 aliphatic rings. The third-order valence-electron chi connectivity index (χ3n) is 2.76. The van der Waals surface area contributed by atoms with Gasteiger partial charge in [0.2, 0.25) is 0 Å². The molecule has 0 unspecified atom stereocenters. The molecule has 0 bridgehead atoms. The first-order valence-corrected chi connectivity index (χ1v) is 7.22. The first-order chi connectivity index (χ1) is 11.0. The molecule has 0 radical (unpaired) electrons. The van der Waals surface area contributed by atoms with Crippen LogP contribution in [0, 0.1) is 0 Å². The van der Waals surface area contributed by atoms with E-state index in [2.05, 4.69) is 4.74 Å². The third-order valence-corrected chi connectivity index (χ3v) is 3.29. The SMILES string of the molecule is COC(=O)c1ccccc1OC(=O)COc1ccc(Cl)cc1Cl. The minimum atomic E-state index is -0.688. The third kappa shape index (κ3) is 4.61. The van der Waals surface area contributed by atoms with Gasteiger partial charge in [-0.2, -0.15) is 0 Å². The summed E-state index contributed by atoms with van der Waals surface area (Å²) in [7, 11) is 1.24. The minimum absolute atomic E-state index is 0.0927. The average Bonchev–Trinajstić information content (AvgIpc) is 2.54. The molecule has 0 heterocycles. The van der Waals surface area contributed by atoms with Crippen LogP contribution in [-0.4, -0.2) is 25.7 Å². The fourth-order valence-corrected chi connectivity index (χ4v) is 2.18. The van der Waals surface area contributed by atoms with Crippen LogP contribution in [0.3, 0.4) is 0 Å². The van der Waals surface area contributed by atoms with Gasteiger partial charge in [-0.25, -0.2) is 9.59 Å². The van der Waals surface area contributed by atoms with Gasteiger partial charge in [-0.3, -0.25) is 0 Å². The molecule has 2 aromatic carbocycles. The molecule has 120 valence electrons. The lowest BCUT2D eigenvalue weighted by atomic mass is 10.2. The Balaban J connectivity index is 2.01. The molecule has 0 aliphatic heterocycles. The molecule has 0 aromatic heterocycles. The maximum absolute atomic E-state index is 11.9. The summed E-state index contributed by atoms with van der Waals surface area (Å²) in [5.41, 5.74) is 0.146. The van der Waals surface area contributed by atoms with Crippen molar-refractivity contribution < 1.29 is 23.8 Å². The van der Waals surface area contributed by atoms with Gasteiger partial charge in [0.1, 0.15) is 17.1 Å². The molecule has 2 rings (SSSR count). The zero-order valence-electron chi connectivity index (χ0n) is 12.0. The van der Waals surface area contributed by atoms with Crippen LogP contribution in [0.1, 0.15) is 10.4 Å². The van der Waals surface area contributed by atoms with Crippen molar-refractivity contribution in [2.24, 2.45) is 0 Å². The van der Waals surface area contributed by atoms with Gasteiger partial charge in [0, 0.05) is 5.02 Å². The van der Waals surface area contributed by atoms with Crippen molar-refractivity contribution in [1.82, 2.24) is 0 Å². The number of esters is 2. The lowest BCUT2D eigenvalue weighted by Crippen LogP contribution is -2.19. The Morgan fingerprint density at radius 3 is 2.48 bits per heavy atom. The quantitative estimate of drug-likeness (QED) is 0.604. The highest BCUT2D eigenvalue weighted by Gasteiger charge is 2.16. The van der Waals surface area contributed by atoms with Crippen molar-refractivity contribution in [3.63, 3.8) is 0 Å². The van der Waals surface area contributed by atoms with Gasteiger partial charge >= 0.3 is 11.9 Å². The smallest absolute Gasteiger partial charge is 0.349 e. The maximum Gasteiger partial charge on any atom is 0.349 e. The molecule has 0 saturated heterocycles. The highest BCUT2D eigenvalue weighted by atomic mass is 35.5. The molecule has 7 heteroatoms.